The molecular weight excluding hydrogens is 466 g/mol. The molecule has 0 aromatic heterocycles. The fraction of sp³-hybridized carbons (Fsp3) is 0.364. The molecule has 3 rings (SSSR count). The van der Waals surface area contributed by atoms with E-state index in [0.717, 1.165) is 49.6 Å². The highest BCUT2D eigenvalue weighted by molar-refractivity contribution is 7.92. The number of amides is 1. The Kier molecular flexibility index (Phi) is 7.40. The third-order valence-corrected chi connectivity index (χ3v) is 7.02. The van der Waals surface area contributed by atoms with Gasteiger partial charge in [-0.2, -0.15) is 0 Å². The zero-order valence-electron chi connectivity index (χ0n) is 18.6. The second kappa shape index (κ2) is 10.1. The number of hydrogen-bond acceptors (Lipinski definition) is 8. The highest BCUT2D eigenvalue weighted by atomic mass is 32.2. The molecule has 0 aliphatic carbocycles. The molecule has 1 aliphatic heterocycles. The summed E-state index contributed by atoms with van der Waals surface area (Å²) in [4.78, 5) is 36.5. The molecular formula is C22H25N3O8S. The van der Waals surface area contributed by atoms with Gasteiger partial charge >= 0.3 is 5.97 Å². The summed E-state index contributed by atoms with van der Waals surface area (Å²) in [6.07, 6.45) is 2.72. The van der Waals surface area contributed by atoms with Gasteiger partial charge in [-0.25, -0.2) is 13.2 Å². The molecule has 34 heavy (non-hydrogen) atoms. The van der Waals surface area contributed by atoms with Crippen molar-refractivity contribution in [2.75, 3.05) is 11.3 Å². The van der Waals surface area contributed by atoms with Gasteiger partial charge in [-0.1, -0.05) is 0 Å². The average Bonchev–Trinajstić information content (AvgIpc) is 2.77. The van der Waals surface area contributed by atoms with Crippen molar-refractivity contribution in [2.45, 2.75) is 50.1 Å². The van der Waals surface area contributed by atoms with E-state index in [9.17, 15) is 33.2 Å². The Bertz CT molecular complexity index is 1190. The van der Waals surface area contributed by atoms with E-state index in [2.05, 4.69) is 4.72 Å². The highest BCUT2D eigenvalue weighted by Gasteiger charge is 2.30. The van der Waals surface area contributed by atoms with Crippen LogP contribution in [0.2, 0.25) is 0 Å². The lowest BCUT2D eigenvalue weighted by Gasteiger charge is -2.38. The number of hydrogen-bond donors (Lipinski definition) is 2. The minimum absolute atomic E-state index is 0.0160. The Hall–Kier alpha value is -3.67. The number of piperidine rings is 1. The van der Waals surface area contributed by atoms with Crippen LogP contribution in [0.5, 0.6) is 5.75 Å². The van der Waals surface area contributed by atoms with Gasteiger partial charge in [0, 0.05) is 29.9 Å². The first-order valence-corrected chi connectivity index (χ1v) is 12.1. The summed E-state index contributed by atoms with van der Waals surface area (Å²) in [7, 11) is -4.20. The summed E-state index contributed by atoms with van der Waals surface area (Å²) in [6, 6.07) is 7.79. The number of rotatable bonds is 7. The summed E-state index contributed by atoms with van der Waals surface area (Å²) in [5.74, 6) is -1.92. The molecule has 2 aromatic carbocycles. The standard InChI is InChI=1S/C22H25N3O8S/c1-14-4-3-5-15(2)24(14)21(27)13-33-22(28)19-12-18(10-11-20(19)26)34(31,32)23-16-6-8-17(9-7-16)25(29)30/h6-12,14-15,23,26H,3-5,13H2,1-2H3. The number of carbonyl (C=O) groups excluding carboxylic acids is 2. The van der Waals surface area contributed by atoms with Crippen molar-refractivity contribution in [2.24, 2.45) is 0 Å². The number of esters is 1. The van der Waals surface area contributed by atoms with Crippen LogP contribution in [0, 0.1) is 10.1 Å². The number of nitrogens with zero attached hydrogens (tertiary/aromatic N) is 2. The first kappa shape index (κ1) is 25.0. The van der Waals surface area contributed by atoms with Gasteiger partial charge in [0.15, 0.2) is 6.61 Å². The second-order valence-electron chi connectivity index (χ2n) is 8.09. The first-order valence-electron chi connectivity index (χ1n) is 10.6. The number of ether oxygens (including phenoxy) is 1. The number of benzene rings is 2. The van der Waals surface area contributed by atoms with E-state index in [4.69, 9.17) is 4.74 Å². The number of phenolic OH excluding ortho intramolecular Hbond substituents is 1. The number of nitro groups is 1. The molecule has 2 aromatic rings. The normalized spacial score (nSPS) is 18.2. The molecule has 1 saturated heterocycles. The Balaban J connectivity index is 1.72. The van der Waals surface area contributed by atoms with Gasteiger partial charge in [-0.3, -0.25) is 19.6 Å². The number of carbonyl (C=O) groups is 2. The van der Waals surface area contributed by atoms with E-state index in [1.165, 1.54) is 12.1 Å². The van der Waals surface area contributed by atoms with Crippen LogP contribution in [0.4, 0.5) is 11.4 Å². The third kappa shape index (κ3) is 5.63. The Morgan fingerprint density at radius 2 is 1.76 bits per heavy atom. The van der Waals surface area contributed by atoms with Gasteiger partial charge in [0.05, 0.1) is 9.82 Å². The number of aromatic hydroxyl groups is 1. The molecule has 0 saturated carbocycles. The largest absolute Gasteiger partial charge is 0.507 e. The van der Waals surface area contributed by atoms with E-state index >= 15 is 0 Å². The molecule has 2 atom stereocenters. The van der Waals surface area contributed by atoms with Crippen molar-refractivity contribution in [1.29, 1.82) is 0 Å². The topological polar surface area (TPSA) is 156 Å². The Morgan fingerprint density at radius 1 is 1.15 bits per heavy atom. The van der Waals surface area contributed by atoms with Gasteiger partial charge in [0.1, 0.15) is 11.3 Å². The monoisotopic (exact) mass is 491 g/mol. The minimum atomic E-state index is -4.20. The van der Waals surface area contributed by atoms with Crippen LogP contribution in [0.25, 0.3) is 0 Å². The van der Waals surface area contributed by atoms with Crippen LogP contribution in [-0.4, -0.2) is 53.9 Å². The van der Waals surface area contributed by atoms with Crippen LogP contribution in [-0.2, 0) is 19.6 Å². The van der Waals surface area contributed by atoms with Gasteiger partial charge in [0.25, 0.3) is 21.6 Å². The van der Waals surface area contributed by atoms with Gasteiger partial charge in [0.2, 0.25) is 0 Å². The maximum atomic E-state index is 12.7. The first-order chi connectivity index (χ1) is 16.0. The number of sulfonamides is 1. The molecule has 1 fully saturated rings. The fourth-order valence-corrected chi connectivity index (χ4v) is 4.99. The van der Waals surface area contributed by atoms with Crippen molar-refractivity contribution in [3.8, 4) is 5.75 Å². The van der Waals surface area contributed by atoms with Crippen LogP contribution >= 0.6 is 0 Å². The highest BCUT2D eigenvalue weighted by Crippen LogP contribution is 2.26. The molecule has 12 heteroatoms. The number of non-ortho nitro benzene ring substituents is 1. The van der Waals surface area contributed by atoms with Gasteiger partial charge < -0.3 is 14.7 Å². The zero-order chi connectivity index (χ0) is 25.0. The third-order valence-electron chi connectivity index (χ3n) is 5.64. The summed E-state index contributed by atoms with van der Waals surface area (Å²) in [6.45, 7) is 3.31. The number of nitro benzene ring substituents is 1. The molecule has 2 N–H and O–H groups in total. The number of phenols is 1. The van der Waals surface area contributed by atoms with E-state index in [1.807, 2.05) is 13.8 Å². The van der Waals surface area contributed by atoms with Gasteiger partial charge in [-0.05, 0) is 63.4 Å². The molecule has 11 nitrogen and oxygen atoms in total. The van der Waals surface area contributed by atoms with Crippen molar-refractivity contribution in [3.05, 3.63) is 58.1 Å². The smallest absolute Gasteiger partial charge is 0.342 e. The molecule has 182 valence electrons. The maximum Gasteiger partial charge on any atom is 0.342 e. The summed E-state index contributed by atoms with van der Waals surface area (Å²) < 4.78 is 32.7. The molecule has 1 amide bonds. The average molecular weight is 492 g/mol. The van der Waals surface area contributed by atoms with E-state index in [-0.39, 0.29) is 34.3 Å². The fourth-order valence-electron chi connectivity index (χ4n) is 3.90. The molecule has 1 aliphatic rings. The lowest BCUT2D eigenvalue weighted by atomic mass is 9.97. The van der Waals surface area contributed by atoms with Crippen LogP contribution in [0.15, 0.2) is 47.4 Å². The quantitative estimate of drug-likeness (QED) is 0.340. The van der Waals surface area contributed by atoms with E-state index < -0.39 is 38.8 Å². The predicted octanol–water partition coefficient (Wildman–Crippen LogP) is 3.05. The van der Waals surface area contributed by atoms with Crippen LogP contribution in [0.1, 0.15) is 43.5 Å². The molecule has 0 spiro atoms. The summed E-state index contributed by atoms with van der Waals surface area (Å²) in [5.41, 5.74) is -0.558. The Labute approximate surface area is 196 Å². The molecule has 0 bridgehead atoms. The van der Waals surface area contributed by atoms with Crippen LogP contribution < -0.4 is 4.72 Å². The van der Waals surface area contributed by atoms with E-state index in [1.54, 1.807) is 4.90 Å². The maximum absolute atomic E-state index is 12.7. The summed E-state index contributed by atoms with van der Waals surface area (Å²) >= 11 is 0. The lowest BCUT2D eigenvalue weighted by molar-refractivity contribution is -0.384. The van der Waals surface area contributed by atoms with Crippen molar-refractivity contribution in [1.82, 2.24) is 4.90 Å². The molecule has 1 heterocycles. The number of nitrogens with one attached hydrogen (secondary N) is 1. The SMILES string of the molecule is CC1CCCC(C)N1C(=O)COC(=O)c1cc(S(=O)(=O)Nc2ccc([N+](=O)[O-])cc2)ccc1O. The Morgan fingerprint density at radius 3 is 2.35 bits per heavy atom. The second-order valence-corrected chi connectivity index (χ2v) is 9.78. The van der Waals surface area contributed by atoms with Crippen LogP contribution in [0.3, 0.4) is 0 Å². The lowest BCUT2D eigenvalue weighted by Crippen LogP contribution is -2.49. The molecule has 2 unspecified atom stereocenters. The van der Waals surface area contributed by atoms with Crippen molar-refractivity contribution >= 4 is 33.3 Å². The van der Waals surface area contributed by atoms with E-state index in [0.29, 0.717) is 0 Å². The van der Waals surface area contributed by atoms with Gasteiger partial charge in [-0.15, -0.1) is 0 Å². The summed E-state index contributed by atoms with van der Waals surface area (Å²) in [5, 5.41) is 20.8. The van der Waals surface area contributed by atoms with Crippen molar-refractivity contribution in [3.63, 3.8) is 0 Å². The molecule has 0 radical (unpaired) electrons. The predicted molar refractivity (Wildman–Crippen MR) is 122 cm³/mol. The zero-order valence-corrected chi connectivity index (χ0v) is 19.4. The number of likely N-dealkylation sites (tertiary alicyclic amines) is 1. The van der Waals surface area contributed by atoms with Crippen molar-refractivity contribution < 1.29 is 32.8 Å². The number of anilines is 1. The minimum Gasteiger partial charge on any atom is -0.507 e.